The zero-order chi connectivity index (χ0) is 19.8. The normalized spacial score (nSPS) is 23.3. The Bertz CT molecular complexity index is 927. The first kappa shape index (κ1) is 18.8. The third-order valence-corrected chi connectivity index (χ3v) is 5.97. The summed E-state index contributed by atoms with van der Waals surface area (Å²) in [5, 5.41) is 20.4. The number of ether oxygens (including phenoxy) is 2. The lowest BCUT2D eigenvalue weighted by Gasteiger charge is -2.38. The molecule has 1 heterocycles. The predicted octanol–water partition coefficient (Wildman–Crippen LogP) is 2.62. The Morgan fingerprint density at radius 1 is 1.00 bits per heavy atom. The molecule has 1 aliphatic heterocycles. The maximum Gasteiger partial charge on any atom is 0.355 e. The number of aliphatic carboxylic acids is 2. The third-order valence-electron chi connectivity index (χ3n) is 4.41. The van der Waals surface area contributed by atoms with Crippen LogP contribution >= 0.6 is 11.8 Å². The van der Waals surface area contributed by atoms with E-state index in [0.717, 1.165) is 18.7 Å². The molecule has 0 radical (unpaired) electrons. The van der Waals surface area contributed by atoms with Crippen molar-refractivity contribution in [1.29, 1.82) is 0 Å². The summed E-state index contributed by atoms with van der Waals surface area (Å²) in [6.45, 7) is 1.05. The van der Waals surface area contributed by atoms with E-state index >= 15 is 0 Å². The maximum absolute atomic E-state index is 12.5. The molecule has 2 N–H and O–H groups in total. The molecule has 0 aliphatic carbocycles. The van der Waals surface area contributed by atoms with E-state index in [1.54, 1.807) is 18.2 Å². The summed E-state index contributed by atoms with van der Waals surface area (Å²) in [5.74, 6) is -3.47. The van der Waals surface area contributed by atoms with Crippen molar-refractivity contribution in [3.05, 3.63) is 59.7 Å². The molecule has 8 heteroatoms. The molecule has 0 bridgehead atoms. The lowest BCUT2D eigenvalue weighted by atomic mass is 9.76. The fourth-order valence-electron chi connectivity index (χ4n) is 3.34. The zero-order valence-electron chi connectivity index (χ0n) is 14.5. The van der Waals surface area contributed by atoms with Gasteiger partial charge in [-0.3, -0.25) is 9.59 Å². The van der Waals surface area contributed by atoms with Crippen LogP contribution in [-0.2, 0) is 29.5 Å². The van der Waals surface area contributed by atoms with Gasteiger partial charge in [0.25, 0.3) is 5.60 Å². The van der Waals surface area contributed by atoms with E-state index in [-0.39, 0.29) is 11.1 Å². The largest absolute Gasteiger partial charge is 0.497 e. The molecule has 0 spiro atoms. The fourth-order valence-corrected chi connectivity index (χ4v) is 4.89. The second-order valence-electron chi connectivity index (χ2n) is 5.90. The van der Waals surface area contributed by atoms with Crippen molar-refractivity contribution in [2.75, 3.05) is 7.11 Å². The monoisotopic (exact) mass is 388 g/mol. The number of carboxylic acids is 2. The average Bonchev–Trinajstić information content (AvgIpc) is 2.93. The minimum Gasteiger partial charge on any atom is -0.497 e. The number of esters is 1. The van der Waals surface area contributed by atoms with Crippen LogP contribution < -0.4 is 4.74 Å². The van der Waals surface area contributed by atoms with Crippen LogP contribution in [0.3, 0.4) is 0 Å². The van der Waals surface area contributed by atoms with Gasteiger partial charge in [0.05, 0.1) is 7.11 Å². The van der Waals surface area contributed by atoms with Gasteiger partial charge in [-0.05, 0) is 23.8 Å². The van der Waals surface area contributed by atoms with Crippen molar-refractivity contribution in [3.8, 4) is 5.75 Å². The highest BCUT2D eigenvalue weighted by atomic mass is 32.2. The van der Waals surface area contributed by atoms with Gasteiger partial charge in [-0.2, -0.15) is 0 Å². The van der Waals surface area contributed by atoms with Gasteiger partial charge in [0.15, 0.2) is 4.75 Å². The maximum atomic E-state index is 12.5. The summed E-state index contributed by atoms with van der Waals surface area (Å²) in [6, 6.07) is 12.4. The number of carboxylic acid groups (broad SMARTS) is 2. The minimum absolute atomic E-state index is 0.0854. The Morgan fingerprint density at radius 2 is 1.67 bits per heavy atom. The van der Waals surface area contributed by atoms with Crippen molar-refractivity contribution in [1.82, 2.24) is 0 Å². The number of rotatable bonds is 5. The molecule has 140 valence electrons. The van der Waals surface area contributed by atoms with Gasteiger partial charge in [-0.1, -0.05) is 42.1 Å². The topological polar surface area (TPSA) is 110 Å². The van der Waals surface area contributed by atoms with Crippen LogP contribution in [0.5, 0.6) is 5.75 Å². The van der Waals surface area contributed by atoms with Crippen LogP contribution in [0.15, 0.2) is 53.4 Å². The first-order valence-electron chi connectivity index (χ1n) is 7.89. The third kappa shape index (κ3) is 2.56. The van der Waals surface area contributed by atoms with Gasteiger partial charge in [-0.15, -0.1) is 0 Å². The van der Waals surface area contributed by atoms with E-state index in [4.69, 9.17) is 9.47 Å². The minimum atomic E-state index is -2.45. The second-order valence-corrected chi connectivity index (χ2v) is 7.15. The van der Waals surface area contributed by atoms with Crippen LogP contribution in [0, 0.1) is 0 Å². The summed E-state index contributed by atoms with van der Waals surface area (Å²) < 4.78 is 8.37. The van der Waals surface area contributed by atoms with E-state index in [1.165, 1.54) is 37.4 Å². The molecule has 2 unspecified atom stereocenters. The van der Waals surface area contributed by atoms with Crippen LogP contribution in [0.25, 0.3) is 0 Å². The zero-order valence-corrected chi connectivity index (χ0v) is 15.3. The van der Waals surface area contributed by atoms with Gasteiger partial charge in [-0.25, -0.2) is 4.79 Å². The molecule has 0 fully saturated rings. The molecule has 2 aromatic rings. The number of fused-ring (bicyclic) bond motifs is 1. The Labute approximate surface area is 158 Å². The fraction of sp³-hybridized carbons (Fsp3) is 0.211. The standard InChI is InChI=1S/C19H16O7S/c1-11(20)26-18(16(21)22)14-9-8-13(25-2)10-15(14)27-19(18,17(23)24)12-6-4-3-5-7-12/h3-10H,1-2H3,(H,21,22)(H,23,24). The van der Waals surface area contributed by atoms with Crippen molar-refractivity contribution in [2.45, 2.75) is 22.2 Å². The summed E-state index contributed by atoms with van der Waals surface area (Å²) in [7, 11) is 1.44. The average molecular weight is 388 g/mol. The smallest absolute Gasteiger partial charge is 0.355 e. The van der Waals surface area contributed by atoms with E-state index in [9.17, 15) is 24.6 Å². The number of carbonyl (C=O) groups is 3. The molecule has 0 saturated carbocycles. The predicted molar refractivity (Wildman–Crippen MR) is 95.7 cm³/mol. The molecular weight excluding hydrogens is 372 g/mol. The Hall–Kier alpha value is -3.00. The molecule has 0 saturated heterocycles. The van der Waals surface area contributed by atoms with Crippen molar-refractivity contribution in [3.63, 3.8) is 0 Å². The summed E-state index contributed by atoms with van der Waals surface area (Å²) in [4.78, 5) is 37.2. The highest BCUT2D eigenvalue weighted by molar-refractivity contribution is 8.01. The van der Waals surface area contributed by atoms with Gasteiger partial charge in [0.2, 0.25) is 0 Å². The number of hydrogen-bond acceptors (Lipinski definition) is 6. The number of thioether (sulfide) groups is 1. The van der Waals surface area contributed by atoms with Crippen LogP contribution in [0.4, 0.5) is 0 Å². The lowest BCUT2D eigenvalue weighted by Crippen LogP contribution is -2.56. The molecule has 0 amide bonds. The van der Waals surface area contributed by atoms with Crippen LogP contribution in [0.1, 0.15) is 18.1 Å². The summed E-state index contributed by atoms with van der Waals surface area (Å²) in [5.41, 5.74) is -2.17. The number of benzene rings is 2. The number of methoxy groups -OCH3 is 1. The van der Waals surface area contributed by atoms with E-state index in [1.807, 2.05) is 0 Å². The molecule has 1 aliphatic rings. The van der Waals surface area contributed by atoms with Gasteiger partial charge >= 0.3 is 17.9 Å². The molecule has 7 nitrogen and oxygen atoms in total. The van der Waals surface area contributed by atoms with E-state index < -0.39 is 28.3 Å². The molecule has 2 aromatic carbocycles. The number of hydrogen-bond donors (Lipinski definition) is 2. The molecule has 27 heavy (non-hydrogen) atoms. The SMILES string of the molecule is COc1ccc2c(c1)SC(C(=O)O)(c1ccccc1)C2(OC(C)=O)C(=O)O. The molecule has 3 rings (SSSR count). The summed E-state index contributed by atoms with van der Waals surface area (Å²) in [6.07, 6.45) is 0. The van der Waals surface area contributed by atoms with Gasteiger partial charge in [0.1, 0.15) is 5.75 Å². The van der Waals surface area contributed by atoms with E-state index in [0.29, 0.717) is 10.6 Å². The Morgan fingerprint density at radius 3 is 2.19 bits per heavy atom. The number of carbonyl (C=O) groups excluding carboxylic acids is 1. The second kappa shape index (κ2) is 6.62. The summed E-state index contributed by atoms with van der Waals surface area (Å²) >= 11 is 0.814. The molecule has 2 atom stereocenters. The Balaban J connectivity index is 2.42. The quantitative estimate of drug-likeness (QED) is 0.752. The van der Waals surface area contributed by atoms with Crippen molar-refractivity contribution < 1.29 is 34.1 Å². The van der Waals surface area contributed by atoms with Gasteiger partial charge < -0.3 is 19.7 Å². The first-order chi connectivity index (χ1) is 12.8. The van der Waals surface area contributed by atoms with Crippen molar-refractivity contribution >= 4 is 29.7 Å². The lowest BCUT2D eigenvalue weighted by molar-refractivity contribution is -0.188. The molecular formula is C19H16O7S. The highest BCUT2D eigenvalue weighted by Crippen LogP contribution is 2.63. The Kier molecular flexibility index (Phi) is 4.61. The molecule has 0 aromatic heterocycles. The van der Waals surface area contributed by atoms with Crippen LogP contribution in [0.2, 0.25) is 0 Å². The van der Waals surface area contributed by atoms with Crippen molar-refractivity contribution in [2.24, 2.45) is 0 Å². The highest BCUT2D eigenvalue weighted by Gasteiger charge is 2.72. The van der Waals surface area contributed by atoms with Gasteiger partial charge in [0, 0.05) is 17.4 Å². The first-order valence-corrected chi connectivity index (χ1v) is 8.70. The van der Waals surface area contributed by atoms with E-state index in [2.05, 4.69) is 0 Å². The van der Waals surface area contributed by atoms with Crippen LogP contribution in [-0.4, -0.2) is 35.2 Å².